The summed E-state index contributed by atoms with van der Waals surface area (Å²) < 4.78 is 16.2. The Kier molecular flexibility index (Phi) is 5.69. The summed E-state index contributed by atoms with van der Waals surface area (Å²) in [6.45, 7) is 5.20. The van der Waals surface area contributed by atoms with Crippen molar-refractivity contribution in [2.75, 3.05) is 32.7 Å². The number of pyridine rings is 1. The molecule has 0 saturated heterocycles. The number of ether oxygens (including phenoxy) is 3. The van der Waals surface area contributed by atoms with Gasteiger partial charge in [0.2, 0.25) is 0 Å². The lowest BCUT2D eigenvalue weighted by molar-refractivity contribution is 0.210. The Balaban J connectivity index is 2.50. The van der Waals surface area contributed by atoms with Crippen LogP contribution in [-0.2, 0) is 4.74 Å². The number of benzene rings is 1. The fourth-order valence-electron chi connectivity index (χ4n) is 2.09. The van der Waals surface area contributed by atoms with Crippen molar-refractivity contribution >= 4 is 28.3 Å². The van der Waals surface area contributed by atoms with Crippen molar-refractivity contribution in [3.8, 4) is 11.5 Å². The van der Waals surface area contributed by atoms with Crippen molar-refractivity contribution in [2.45, 2.75) is 20.0 Å². The number of aromatic nitrogens is 1. The van der Waals surface area contributed by atoms with Crippen LogP contribution in [0, 0.1) is 0 Å². The third-order valence-electron chi connectivity index (χ3n) is 3.04. The summed E-state index contributed by atoms with van der Waals surface area (Å²) in [6.07, 6.45) is 0.0540. The summed E-state index contributed by atoms with van der Waals surface area (Å²) in [5.74, 6) is 2.02. The fraction of sp³-hybridized carbons (Fsp3) is 0.438. The van der Waals surface area contributed by atoms with Crippen molar-refractivity contribution < 1.29 is 14.2 Å². The Bertz CT molecular complexity index is 647. The van der Waals surface area contributed by atoms with Gasteiger partial charge in [0, 0.05) is 25.1 Å². The molecule has 2 rings (SSSR count). The van der Waals surface area contributed by atoms with E-state index in [1.807, 2.05) is 32.0 Å². The van der Waals surface area contributed by atoms with Crippen LogP contribution in [0.1, 0.15) is 13.8 Å². The molecular formula is C16H21ClN2O3. The number of hydrogen-bond donors (Lipinski definition) is 1. The first kappa shape index (κ1) is 16.6. The number of anilines is 1. The van der Waals surface area contributed by atoms with Gasteiger partial charge >= 0.3 is 0 Å². The molecule has 5 nitrogen and oxygen atoms in total. The van der Waals surface area contributed by atoms with Crippen molar-refractivity contribution in [3.63, 3.8) is 0 Å². The summed E-state index contributed by atoms with van der Waals surface area (Å²) in [4.78, 5) is 4.56. The van der Waals surface area contributed by atoms with E-state index in [0.29, 0.717) is 35.3 Å². The second-order valence-electron chi connectivity index (χ2n) is 5.07. The molecule has 1 aromatic heterocycles. The summed E-state index contributed by atoms with van der Waals surface area (Å²) in [5, 5.41) is 4.53. The highest BCUT2D eigenvalue weighted by Crippen LogP contribution is 2.37. The highest BCUT2D eigenvalue weighted by atomic mass is 35.5. The van der Waals surface area contributed by atoms with E-state index in [1.165, 1.54) is 0 Å². The molecule has 0 aliphatic rings. The first-order valence-corrected chi connectivity index (χ1v) is 7.51. The second-order valence-corrected chi connectivity index (χ2v) is 5.45. The highest BCUT2D eigenvalue weighted by molar-refractivity contribution is 6.36. The Morgan fingerprint density at radius 2 is 2.00 bits per heavy atom. The average molecular weight is 325 g/mol. The third kappa shape index (κ3) is 3.72. The number of hydrogen-bond acceptors (Lipinski definition) is 5. The Morgan fingerprint density at radius 3 is 2.64 bits per heavy atom. The Labute approximate surface area is 135 Å². The predicted octanol–water partition coefficient (Wildman–Crippen LogP) is 3.74. The summed E-state index contributed by atoms with van der Waals surface area (Å²) in [5.41, 5.74) is 0.652. The molecule has 22 heavy (non-hydrogen) atoms. The predicted molar refractivity (Wildman–Crippen MR) is 89.4 cm³/mol. The zero-order valence-corrected chi connectivity index (χ0v) is 14.0. The average Bonchev–Trinajstić information content (AvgIpc) is 2.48. The largest absolute Gasteiger partial charge is 0.495 e. The second kappa shape index (κ2) is 7.51. The SMILES string of the molecule is COCCNc1cc(OC(C)C)c2ccc(OC)c(Cl)c2n1. The van der Waals surface area contributed by atoms with Crippen molar-refractivity contribution in [1.29, 1.82) is 0 Å². The molecule has 0 aliphatic heterocycles. The number of rotatable bonds is 7. The minimum atomic E-state index is 0.0540. The van der Waals surface area contributed by atoms with Crippen molar-refractivity contribution in [2.24, 2.45) is 0 Å². The van der Waals surface area contributed by atoms with Gasteiger partial charge in [-0.05, 0) is 26.0 Å². The van der Waals surface area contributed by atoms with E-state index < -0.39 is 0 Å². The van der Waals surface area contributed by atoms with Crippen LogP contribution < -0.4 is 14.8 Å². The van der Waals surface area contributed by atoms with Crippen molar-refractivity contribution in [1.82, 2.24) is 4.98 Å². The first-order valence-electron chi connectivity index (χ1n) is 7.13. The zero-order valence-electron chi connectivity index (χ0n) is 13.3. The van der Waals surface area contributed by atoms with Gasteiger partial charge in [0.15, 0.2) is 0 Å². The van der Waals surface area contributed by atoms with E-state index in [2.05, 4.69) is 10.3 Å². The lowest BCUT2D eigenvalue weighted by Gasteiger charge is -2.16. The van der Waals surface area contributed by atoms with Gasteiger partial charge < -0.3 is 19.5 Å². The van der Waals surface area contributed by atoms with Crippen LogP contribution >= 0.6 is 11.6 Å². The molecule has 6 heteroatoms. The van der Waals surface area contributed by atoms with Crippen LogP contribution in [0.2, 0.25) is 5.02 Å². The van der Waals surface area contributed by atoms with E-state index in [9.17, 15) is 0 Å². The van der Waals surface area contributed by atoms with Crippen molar-refractivity contribution in [3.05, 3.63) is 23.2 Å². The molecule has 1 N–H and O–H groups in total. The van der Waals surface area contributed by atoms with Gasteiger partial charge in [-0.25, -0.2) is 4.98 Å². The molecule has 0 saturated carbocycles. The number of halogens is 1. The van der Waals surface area contributed by atoms with Crippen LogP contribution in [0.5, 0.6) is 11.5 Å². The van der Waals surface area contributed by atoms with Gasteiger partial charge in [0.25, 0.3) is 0 Å². The highest BCUT2D eigenvalue weighted by Gasteiger charge is 2.14. The molecule has 0 fully saturated rings. The summed E-state index contributed by atoms with van der Waals surface area (Å²) in [7, 11) is 3.24. The van der Waals surface area contributed by atoms with Gasteiger partial charge in [-0.15, -0.1) is 0 Å². The molecule has 0 bridgehead atoms. The fourth-order valence-corrected chi connectivity index (χ4v) is 2.37. The zero-order chi connectivity index (χ0) is 16.1. The molecule has 0 spiro atoms. The minimum Gasteiger partial charge on any atom is -0.495 e. The Hall–Kier alpha value is -1.72. The number of nitrogens with zero attached hydrogens (tertiary/aromatic N) is 1. The van der Waals surface area contributed by atoms with Gasteiger partial charge in [-0.1, -0.05) is 11.6 Å². The minimum absolute atomic E-state index is 0.0540. The van der Waals surface area contributed by atoms with Crippen LogP contribution in [-0.4, -0.2) is 38.5 Å². The maximum Gasteiger partial charge on any atom is 0.139 e. The van der Waals surface area contributed by atoms with E-state index >= 15 is 0 Å². The molecule has 0 amide bonds. The number of fused-ring (bicyclic) bond motifs is 1. The molecule has 0 aliphatic carbocycles. The third-order valence-corrected chi connectivity index (χ3v) is 3.41. The van der Waals surface area contributed by atoms with Gasteiger partial charge in [-0.2, -0.15) is 0 Å². The topological polar surface area (TPSA) is 52.6 Å². The van der Waals surface area contributed by atoms with Crippen LogP contribution in [0.3, 0.4) is 0 Å². The smallest absolute Gasteiger partial charge is 0.139 e. The van der Waals surface area contributed by atoms with E-state index in [0.717, 1.165) is 11.1 Å². The summed E-state index contributed by atoms with van der Waals surface area (Å²) >= 11 is 6.39. The molecular weight excluding hydrogens is 304 g/mol. The monoisotopic (exact) mass is 324 g/mol. The molecule has 0 radical (unpaired) electrons. The molecule has 120 valence electrons. The lowest BCUT2D eigenvalue weighted by atomic mass is 10.2. The molecule has 0 atom stereocenters. The standard InChI is InChI=1S/C16H21ClN2O3/c1-10(2)22-13-9-14(18-7-8-20-3)19-16-11(13)5-6-12(21-4)15(16)17/h5-6,9-10H,7-8H2,1-4H3,(H,18,19). The quantitative estimate of drug-likeness (QED) is 0.786. The van der Waals surface area contributed by atoms with E-state index in [4.69, 9.17) is 25.8 Å². The van der Waals surface area contributed by atoms with E-state index in [1.54, 1.807) is 14.2 Å². The van der Waals surface area contributed by atoms with E-state index in [-0.39, 0.29) is 6.10 Å². The lowest BCUT2D eigenvalue weighted by Crippen LogP contribution is -2.11. The van der Waals surface area contributed by atoms with Gasteiger partial charge in [0.1, 0.15) is 22.3 Å². The number of methoxy groups -OCH3 is 2. The maximum absolute atomic E-state index is 6.39. The maximum atomic E-state index is 6.39. The molecule has 1 aromatic carbocycles. The van der Waals surface area contributed by atoms with Gasteiger partial charge in [0.05, 0.1) is 25.3 Å². The summed E-state index contributed by atoms with van der Waals surface area (Å²) in [6, 6.07) is 5.60. The first-order chi connectivity index (χ1) is 10.6. The molecule has 0 unspecified atom stereocenters. The Morgan fingerprint density at radius 1 is 1.23 bits per heavy atom. The van der Waals surface area contributed by atoms with Gasteiger partial charge in [-0.3, -0.25) is 0 Å². The molecule has 2 aromatic rings. The van der Waals surface area contributed by atoms with Crippen LogP contribution in [0.25, 0.3) is 10.9 Å². The number of nitrogens with one attached hydrogen (secondary N) is 1. The normalized spacial score (nSPS) is 11.0. The molecule has 1 heterocycles. The van der Waals surface area contributed by atoms with Crippen LogP contribution in [0.15, 0.2) is 18.2 Å². The van der Waals surface area contributed by atoms with Crippen LogP contribution in [0.4, 0.5) is 5.82 Å².